The number of carbonyl (C=O) groups excluding carboxylic acids is 1. The zero-order valence-corrected chi connectivity index (χ0v) is 22.8. The molecule has 0 aromatic heterocycles. The Kier molecular flexibility index (Phi) is 20.1. The van der Waals surface area contributed by atoms with Gasteiger partial charge in [-0.05, 0) is 33.6 Å². The Bertz CT molecular complexity index is 510. The van der Waals surface area contributed by atoms with Crippen LogP contribution >= 0.6 is 0 Å². The first-order valence-electron chi connectivity index (χ1n) is 13.0. The molecule has 11 nitrogen and oxygen atoms in total. The predicted molar refractivity (Wildman–Crippen MR) is 134 cm³/mol. The zero-order valence-electron chi connectivity index (χ0n) is 22.8. The number of amides is 1. The van der Waals surface area contributed by atoms with Gasteiger partial charge in [0.25, 0.3) is 0 Å². The SMILES string of the molecule is COCCOCCOCCOCCOCCOCCOCCOC1CCN(C(=O)OC(C)(C)C)CC1. The number of carbonyl (C=O) groups is 1. The van der Waals surface area contributed by atoms with E-state index in [2.05, 4.69) is 0 Å². The van der Waals surface area contributed by atoms with E-state index < -0.39 is 5.60 Å². The van der Waals surface area contributed by atoms with E-state index in [4.69, 9.17) is 42.6 Å². The van der Waals surface area contributed by atoms with Gasteiger partial charge in [-0.15, -0.1) is 0 Å². The summed E-state index contributed by atoms with van der Waals surface area (Å²) >= 11 is 0. The third-order valence-electron chi connectivity index (χ3n) is 4.97. The minimum Gasteiger partial charge on any atom is -0.444 e. The van der Waals surface area contributed by atoms with Gasteiger partial charge in [-0.2, -0.15) is 0 Å². The van der Waals surface area contributed by atoms with Crippen molar-refractivity contribution < 1.29 is 47.4 Å². The van der Waals surface area contributed by atoms with E-state index >= 15 is 0 Å². The lowest BCUT2D eigenvalue weighted by Crippen LogP contribution is -2.43. The smallest absolute Gasteiger partial charge is 0.410 e. The van der Waals surface area contributed by atoms with Crippen LogP contribution in [0, 0.1) is 0 Å². The first-order valence-corrected chi connectivity index (χ1v) is 13.0. The maximum Gasteiger partial charge on any atom is 0.410 e. The first kappa shape index (κ1) is 33.0. The summed E-state index contributed by atoms with van der Waals surface area (Å²) in [5, 5.41) is 0. The molecular formula is C25H49NO10. The van der Waals surface area contributed by atoms with Gasteiger partial charge in [0.1, 0.15) is 5.60 Å². The lowest BCUT2D eigenvalue weighted by molar-refractivity contribution is -0.0402. The molecule has 0 spiro atoms. The summed E-state index contributed by atoms with van der Waals surface area (Å²) in [4.78, 5) is 13.8. The molecule has 1 amide bonds. The van der Waals surface area contributed by atoms with Crippen molar-refractivity contribution in [3.8, 4) is 0 Å². The summed E-state index contributed by atoms with van der Waals surface area (Å²) in [5.41, 5.74) is -0.468. The minimum atomic E-state index is -0.468. The van der Waals surface area contributed by atoms with Gasteiger partial charge >= 0.3 is 6.09 Å². The largest absolute Gasteiger partial charge is 0.444 e. The molecule has 0 saturated carbocycles. The van der Waals surface area contributed by atoms with Crippen molar-refractivity contribution in [2.24, 2.45) is 0 Å². The van der Waals surface area contributed by atoms with E-state index in [1.165, 1.54) is 0 Å². The van der Waals surface area contributed by atoms with E-state index in [-0.39, 0.29) is 12.2 Å². The highest BCUT2D eigenvalue weighted by Crippen LogP contribution is 2.17. The summed E-state index contributed by atoms with van der Waals surface area (Å²) < 4.78 is 48.8. The van der Waals surface area contributed by atoms with Gasteiger partial charge in [0, 0.05) is 20.2 Å². The number of rotatable bonds is 22. The number of ether oxygens (including phenoxy) is 9. The molecule has 214 valence electrons. The summed E-state index contributed by atoms with van der Waals surface area (Å²) in [6.07, 6.45) is 1.53. The van der Waals surface area contributed by atoms with Crippen LogP contribution in [0.2, 0.25) is 0 Å². The highest BCUT2D eigenvalue weighted by Gasteiger charge is 2.27. The highest BCUT2D eigenvalue weighted by molar-refractivity contribution is 5.68. The standard InChI is InChI=1S/C25H49NO10/c1-25(2,3)36-24(27)26-7-5-23(6-8-26)35-22-21-34-20-19-33-18-17-32-16-15-31-14-13-30-12-11-29-10-9-28-4/h23H,5-22H2,1-4H3. The molecule has 0 aromatic rings. The van der Waals surface area contributed by atoms with Crippen LogP contribution in [-0.2, 0) is 42.6 Å². The highest BCUT2D eigenvalue weighted by atomic mass is 16.6. The number of likely N-dealkylation sites (tertiary alicyclic amines) is 1. The van der Waals surface area contributed by atoms with Crippen LogP contribution in [0.3, 0.4) is 0 Å². The third-order valence-corrected chi connectivity index (χ3v) is 4.97. The fraction of sp³-hybridized carbons (Fsp3) is 0.960. The van der Waals surface area contributed by atoms with E-state index in [0.717, 1.165) is 12.8 Å². The van der Waals surface area contributed by atoms with Gasteiger partial charge in [0.15, 0.2) is 0 Å². The number of hydrogen-bond acceptors (Lipinski definition) is 10. The Balaban J connectivity index is 1.76. The summed E-state index contributed by atoms with van der Waals surface area (Å²) in [7, 11) is 1.65. The molecule has 1 fully saturated rings. The summed E-state index contributed by atoms with van der Waals surface area (Å²) in [5.74, 6) is 0. The van der Waals surface area contributed by atoms with Crippen LogP contribution < -0.4 is 0 Å². The molecule has 11 heteroatoms. The Hall–Kier alpha value is -1.05. The van der Waals surface area contributed by atoms with Crippen LogP contribution in [0.4, 0.5) is 4.79 Å². The fourth-order valence-corrected chi connectivity index (χ4v) is 3.15. The first-order chi connectivity index (χ1) is 17.4. The van der Waals surface area contributed by atoms with Gasteiger partial charge in [-0.3, -0.25) is 0 Å². The van der Waals surface area contributed by atoms with Gasteiger partial charge < -0.3 is 47.5 Å². The van der Waals surface area contributed by atoms with Crippen molar-refractivity contribution in [2.45, 2.75) is 45.3 Å². The number of methoxy groups -OCH3 is 1. The predicted octanol–water partition coefficient (Wildman–Crippen LogP) is 2.15. The normalized spacial score (nSPS) is 14.9. The Morgan fingerprint density at radius 2 is 1.00 bits per heavy atom. The zero-order chi connectivity index (χ0) is 26.3. The average Bonchev–Trinajstić information content (AvgIpc) is 2.84. The second-order valence-corrected chi connectivity index (χ2v) is 9.20. The van der Waals surface area contributed by atoms with E-state index in [0.29, 0.717) is 106 Å². The van der Waals surface area contributed by atoms with Gasteiger partial charge in [-0.25, -0.2) is 4.79 Å². The van der Waals surface area contributed by atoms with Crippen molar-refractivity contribution in [3.63, 3.8) is 0 Å². The van der Waals surface area contributed by atoms with Crippen molar-refractivity contribution in [1.82, 2.24) is 4.90 Å². The van der Waals surface area contributed by atoms with Crippen LogP contribution in [0.15, 0.2) is 0 Å². The number of piperidine rings is 1. The van der Waals surface area contributed by atoms with Crippen LogP contribution in [0.5, 0.6) is 0 Å². The summed E-state index contributed by atoms with van der Waals surface area (Å²) in [6.45, 7) is 14.5. The van der Waals surface area contributed by atoms with Gasteiger partial charge in [0.2, 0.25) is 0 Å². The van der Waals surface area contributed by atoms with Crippen LogP contribution in [-0.4, -0.2) is 135 Å². The molecule has 0 aromatic carbocycles. The fourth-order valence-electron chi connectivity index (χ4n) is 3.15. The Morgan fingerprint density at radius 1 is 0.639 bits per heavy atom. The van der Waals surface area contributed by atoms with Crippen molar-refractivity contribution >= 4 is 6.09 Å². The van der Waals surface area contributed by atoms with E-state index in [1.54, 1.807) is 12.0 Å². The number of nitrogens with zero attached hydrogens (tertiary/aromatic N) is 1. The van der Waals surface area contributed by atoms with Crippen molar-refractivity contribution in [3.05, 3.63) is 0 Å². The lowest BCUT2D eigenvalue weighted by Gasteiger charge is -2.33. The molecule has 0 unspecified atom stereocenters. The maximum atomic E-state index is 12.1. The van der Waals surface area contributed by atoms with Gasteiger partial charge in [-0.1, -0.05) is 0 Å². The molecule has 1 rings (SSSR count). The van der Waals surface area contributed by atoms with E-state index in [9.17, 15) is 4.79 Å². The van der Waals surface area contributed by atoms with Crippen molar-refractivity contribution in [1.29, 1.82) is 0 Å². The Labute approximate surface area is 216 Å². The third kappa shape index (κ3) is 20.1. The molecule has 1 aliphatic heterocycles. The molecular weight excluding hydrogens is 474 g/mol. The van der Waals surface area contributed by atoms with Crippen LogP contribution in [0.25, 0.3) is 0 Å². The quantitative estimate of drug-likeness (QED) is 0.196. The maximum absolute atomic E-state index is 12.1. The average molecular weight is 524 g/mol. The van der Waals surface area contributed by atoms with Gasteiger partial charge in [0.05, 0.1) is 98.6 Å². The number of hydrogen-bond donors (Lipinski definition) is 0. The van der Waals surface area contributed by atoms with Crippen LogP contribution in [0.1, 0.15) is 33.6 Å². The molecule has 1 heterocycles. The molecule has 0 atom stereocenters. The molecule has 1 aliphatic rings. The molecule has 0 bridgehead atoms. The molecule has 0 aliphatic carbocycles. The lowest BCUT2D eigenvalue weighted by atomic mass is 10.1. The Morgan fingerprint density at radius 3 is 1.36 bits per heavy atom. The topological polar surface area (TPSA) is 103 Å². The summed E-state index contributed by atoms with van der Waals surface area (Å²) in [6, 6.07) is 0. The molecule has 0 radical (unpaired) electrons. The second-order valence-electron chi connectivity index (χ2n) is 9.20. The molecule has 36 heavy (non-hydrogen) atoms. The molecule has 1 saturated heterocycles. The van der Waals surface area contributed by atoms with E-state index in [1.807, 2.05) is 20.8 Å². The van der Waals surface area contributed by atoms with Crippen molar-refractivity contribution in [2.75, 3.05) is 113 Å². The molecule has 0 N–H and O–H groups in total. The second kappa shape index (κ2) is 22.0. The minimum absolute atomic E-state index is 0.156. The monoisotopic (exact) mass is 523 g/mol.